The van der Waals surface area contributed by atoms with Crippen LogP contribution in [0.3, 0.4) is 0 Å². The molecule has 0 radical (unpaired) electrons. The van der Waals surface area contributed by atoms with Gasteiger partial charge in [-0.3, -0.25) is 4.57 Å². The van der Waals surface area contributed by atoms with Gasteiger partial charge in [-0.1, -0.05) is 23.4 Å². The first-order valence-electron chi connectivity index (χ1n) is 9.56. The van der Waals surface area contributed by atoms with Crippen molar-refractivity contribution in [2.24, 2.45) is 0 Å². The first kappa shape index (κ1) is 19.3. The number of thioether (sulfide) groups is 1. The summed E-state index contributed by atoms with van der Waals surface area (Å²) >= 11 is 7.53. The number of halogens is 1. The van der Waals surface area contributed by atoms with Crippen LogP contribution in [0, 0.1) is 0 Å². The molecule has 0 amide bonds. The molecule has 1 aliphatic rings. The van der Waals surface area contributed by atoms with Gasteiger partial charge in [-0.15, -0.1) is 20.4 Å². The van der Waals surface area contributed by atoms with E-state index in [1.807, 2.05) is 24.3 Å². The Bertz CT molecular complexity index is 1100. The van der Waals surface area contributed by atoms with E-state index in [-0.39, 0.29) is 6.10 Å². The number of benzene rings is 1. The zero-order chi connectivity index (χ0) is 20.3. The molecule has 1 saturated heterocycles. The van der Waals surface area contributed by atoms with Gasteiger partial charge in [0.25, 0.3) is 5.89 Å². The van der Waals surface area contributed by atoms with E-state index in [4.69, 9.17) is 25.2 Å². The fourth-order valence-electron chi connectivity index (χ4n) is 3.30. The van der Waals surface area contributed by atoms with E-state index in [2.05, 4.69) is 25.0 Å². The summed E-state index contributed by atoms with van der Waals surface area (Å²) in [6, 6.07) is 11.1. The van der Waals surface area contributed by atoms with Crippen molar-refractivity contribution in [2.45, 2.75) is 36.4 Å². The number of ether oxygens (including phenoxy) is 1. The van der Waals surface area contributed by atoms with Crippen molar-refractivity contribution in [1.29, 1.82) is 0 Å². The molecule has 154 valence electrons. The average Bonchev–Trinajstić information content (AvgIpc) is 3.55. The van der Waals surface area contributed by atoms with Gasteiger partial charge in [-0.2, -0.15) is 0 Å². The molecular formula is C20H18ClN5O3S. The van der Waals surface area contributed by atoms with Gasteiger partial charge in [0.15, 0.2) is 16.7 Å². The highest BCUT2D eigenvalue weighted by Crippen LogP contribution is 2.29. The molecule has 5 rings (SSSR count). The molecule has 10 heteroatoms. The Morgan fingerprint density at radius 2 is 2.00 bits per heavy atom. The van der Waals surface area contributed by atoms with Crippen LogP contribution in [0.1, 0.15) is 18.7 Å². The quantitative estimate of drug-likeness (QED) is 0.379. The predicted octanol–water partition coefficient (Wildman–Crippen LogP) is 4.71. The average molecular weight is 444 g/mol. The Balaban J connectivity index is 1.37. The van der Waals surface area contributed by atoms with Crippen LogP contribution in [0.2, 0.25) is 5.02 Å². The Kier molecular flexibility index (Phi) is 5.56. The number of nitrogens with zero attached hydrogens (tertiary/aromatic N) is 5. The smallest absolute Gasteiger partial charge is 0.283 e. The van der Waals surface area contributed by atoms with E-state index >= 15 is 0 Å². The lowest BCUT2D eigenvalue weighted by Crippen LogP contribution is -2.16. The summed E-state index contributed by atoms with van der Waals surface area (Å²) in [6.45, 7) is 1.48. The summed E-state index contributed by atoms with van der Waals surface area (Å²) in [5.74, 6) is 2.65. The van der Waals surface area contributed by atoms with Gasteiger partial charge in [0.05, 0.1) is 24.7 Å². The zero-order valence-corrected chi connectivity index (χ0v) is 17.5. The topological polar surface area (TPSA) is 92.0 Å². The highest BCUT2D eigenvalue weighted by Gasteiger charge is 2.22. The van der Waals surface area contributed by atoms with Crippen LogP contribution in [0.25, 0.3) is 23.0 Å². The van der Waals surface area contributed by atoms with Crippen molar-refractivity contribution in [1.82, 2.24) is 25.0 Å². The van der Waals surface area contributed by atoms with Crippen molar-refractivity contribution in [3.8, 4) is 23.0 Å². The molecule has 0 saturated carbocycles. The highest BCUT2D eigenvalue weighted by molar-refractivity contribution is 7.98. The minimum absolute atomic E-state index is 0.153. The summed E-state index contributed by atoms with van der Waals surface area (Å²) in [5.41, 5.74) is 0.953. The van der Waals surface area contributed by atoms with Gasteiger partial charge >= 0.3 is 0 Å². The molecule has 0 unspecified atom stereocenters. The molecule has 8 nitrogen and oxygen atoms in total. The van der Waals surface area contributed by atoms with E-state index < -0.39 is 0 Å². The van der Waals surface area contributed by atoms with Crippen LogP contribution >= 0.6 is 23.4 Å². The number of hydrogen-bond donors (Lipinski definition) is 0. The number of hydrogen-bond acceptors (Lipinski definition) is 8. The molecular weight excluding hydrogens is 426 g/mol. The molecule has 4 heterocycles. The minimum Gasteiger partial charge on any atom is -0.459 e. The standard InChI is InChI=1S/C20H18ClN5O3S/c21-14-7-5-13(6-8-14)18-23-25-20(26(18)11-15-3-1-9-27-15)30-12-17-22-24-19(29-17)16-4-2-10-28-16/h2,4-8,10,15H,1,3,9,11-12H2/t15-/m1/s1. The van der Waals surface area contributed by atoms with E-state index in [1.165, 1.54) is 11.8 Å². The van der Waals surface area contributed by atoms with Gasteiger partial charge in [-0.05, 0) is 49.2 Å². The van der Waals surface area contributed by atoms with Gasteiger partial charge < -0.3 is 13.6 Å². The SMILES string of the molecule is Clc1ccc(-c2nnc(SCc3nnc(-c4ccco4)o3)n2C[C@H]2CCCO2)cc1. The van der Waals surface area contributed by atoms with Crippen LogP contribution in [0.15, 0.2) is 56.7 Å². The maximum Gasteiger partial charge on any atom is 0.283 e. The van der Waals surface area contributed by atoms with E-state index in [0.29, 0.717) is 34.9 Å². The predicted molar refractivity (Wildman–Crippen MR) is 111 cm³/mol. The van der Waals surface area contributed by atoms with Crippen LogP contribution in [0.5, 0.6) is 0 Å². The van der Waals surface area contributed by atoms with E-state index in [1.54, 1.807) is 18.4 Å². The number of aromatic nitrogens is 5. The second kappa shape index (κ2) is 8.63. The summed E-state index contributed by atoms with van der Waals surface area (Å²) in [6.07, 6.45) is 3.82. The van der Waals surface area contributed by atoms with Crippen molar-refractivity contribution < 1.29 is 13.6 Å². The van der Waals surface area contributed by atoms with Crippen LogP contribution in [0.4, 0.5) is 0 Å². The second-order valence-corrected chi connectivity index (χ2v) is 8.20. The molecule has 0 spiro atoms. The second-order valence-electron chi connectivity index (χ2n) is 6.83. The molecule has 0 aliphatic carbocycles. The normalized spacial score (nSPS) is 16.4. The monoisotopic (exact) mass is 443 g/mol. The van der Waals surface area contributed by atoms with Crippen LogP contribution < -0.4 is 0 Å². The Hall–Kier alpha value is -2.62. The fourth-order valence-corrected chi connectivity index (χ4v) is 4.21. The first-order chi connectivity index (χ1) is 14.8. The summed E-state index contributed by atoms with van der Waals surface area (Å²) in [4.78, 5) is 0. The summed E-state index contributed by atoms with van der Waals surface area (Å²) in [7, 11) is 0. The molecule has 0 bridgehead atoms. The number of rotatable bonds is 7. The number of furan rings is 1. The van der Waals surface area contributed by atoms with Crippen molar-refractivity contribution >= 4 is 23.4 Å². The third-order valence-corrected chi connectivity index (χ3v) is 5.96. The van der Waals surface area contributed by atoms with Gasteiger partial charge in [0.2, 0.25) is 5.89 Å². The van der Waals surface area contributed by atoms with Crippen LogP contribution in [-0.2, 0) is 17.0 Å². The Morgan fingerprint density at radius 1 is 1.10 bits per heavy atom. The van der Waals surface area contributed by atoms with Gasteiger partial charge in [0, 0.05) is 17.2 Å². The van der Waals surface area contributed by atoms with Crippen molar-refractivity contribution in [3.63, 3.8) is 0 Å². The summed E-state index contributed by atoms with van der Waals surface area (Å²) < 4.78 is 18.9. The van der Waals surface area contributed by atoms with Crippen molar-refractivity contribution in [3.05, 3.63) is 53.6 Å². The Labute approximate surface area is 181 Å². The fraction of sp³-hybridized carbons (Fsp3) is 0.300. The maximum atomic E-state index is 6.04. The molecule has 1 atom stereocenters. The van der Waals surface area contributed by atoms with Crippen LogP contribution in [-0.4, -0.2) is 37.7 Å². The van der Waals surface area contributed by atoms with E-state index in [9.17, 15) is 0 Å². The third kappa shape index (κ3) is 4.14. The molecule has 1 aromatic carbocycles. The molecule has 3 aromatic heterocycles. The molecule has 30 heavy (non-hydrogen) atoms. The molecule has 4 aromatic rings. The molecule has 1 aliphatic heterocycles. The van der Waals surface area contributed by atoms with Gasteiger partial charge in [0.1, 0.15) is 0 Å². The lowest BCUT2D eigenvalue weighted by atomic mass is 10.2. The zero-order valence-electron chi connectivity index (χ0n) is 15.9. The lowest BCUT2D eigenvalue weighted by molar-refractivity contribution is 0.0953. The highest BCUT2D eigenvalue weighted by atomic mass is 35.5. The van der Waals surface area contributed by atoms with Gasteiger partial charge in [-0.25, -0.2) is 0 Å². The summed E-state index contributed by atoms with van der Waals surface area (Å²) in [5, 5.41) is 18.4. The lowest BCUT2D eigenvalue weighted by Gasteiger charge is -2.14. The molecule has 1 fully saturated rings. The molecule has 0 N–H and O–H groups in total. The minimum atomic E-state index is 0.153. The Morgan fingerprint density at radius 3 is 2.77 bits per heavy atom. The maximum absolute atomic E-state index is 6.04. The van der Waals surface area contributed by atoms with E-state index in [0.717, 1.165) is 36.0 Å². The van der Waals surface area contributed by atoms with Crippen molar-refractivity contribution in [2.75, 3.05) is 6.61 Å². The largest absolute Gasteiger partial charge is 0.459 e. The third-order valence-electron chi connectivity index (χ3n) is 4.75. The first-order valence-corrected chi connectivity index (χ1v) is 10.9.